The molecule has 2 atom stereocenters. The molecule has 0 amide bonds. The van der Waals surface area contributed by atoms with Crippen LogP contribution in [0, 0.1) is 17.2 Å². The van der Waals surface area contributed by atoms with Crippen LogP contribution in [0.25, 0.3) is 0 Å². The summed E-state index contributed by atoms with van der Waals surface area (Å²) in [5.74, 6) is 0.716. The minimum Gasteiger partial charge on any atom is -0.264 e. The highest BCUT2D eigenvalue weighted by Crippen LogP contribution is 2.46. The van der Waals surface area contributed by atoms with Crippen molar-refractivity contribution < 1.29 is 0 Å². The Morgan fingerprint density at radius 2 is 2.55 bits per heavy atom. The van der Waals surface area contributed by atoms with Gasteiger partial charge in [0.1, 0.15) is 0 Å². The van der Waals surface area contributed by atoms with Crippen LogP contribution in [-0.4, -0.2) is 4.98 Å². The van der Waals surface area contributed by atoms with Crippen LogP contribution < -0.4 is 0 Å². The van der Waals surface area contributed by atoms with Gasteiger partial charge in [0.15, 0.2) is 0 Å². The molecule has 0 aromatic carbocycles. The third-order valence-corrected chi connectivity index (χ3v) is 2.07. The van der Waals surface area contributed by atoms with E-state index in [4.69, 9.17) is 5.26 Å². The maximum atomic E-state index is 8.57. The third kappa shape index (κ3) is 1.10. The molecule has 1 saturated carbocycles. The lowest BCUT2D eigenvalue weighted by Gasteiger charge is -1.92. The molecule has 0 spiro atoms. The van der Waals surface area contributed by atoms with E-state index in [1.54, 1.807) is 6.20 Å². The lowest BCUT2D eigenvalue weighted by molar-refractivity contribution is 1.01. The summed E-state index contributed by atoms with van der Waals surface area (Å²) < 4.78 is 0. The SMILES string of the molecule is N#CC1CC1c1cccnc1. The van der Waals surface area contributed by atoms with E-state index in [0.717, 1.165) is 6.42 Å². The van der Waals surface area contributed by atoms with Crippen molar-refractivity contribution in [1.29, 1.82) is 5.26 Å². The molecule has 54 valence electrons. The van der Waals surface area contributed by atoms with Gasteiger partial charge in [-0.2, -0.15) is 5.26 Å². The number of aromatic nitrogens is 1. The van der Waals surface area contributed by atoms with Crippen LogP contribution in [0.5, 0.6) is 0 Å². The molecule has 1 aliphatic carbocycles. The Bertz CT molecular complexity index is 286. The average Bonchev–Trinajstić information content (AvgIpc) is 2.85. The second-order valence-corrected chi connectivity index (χ2v) is 2.86. The number of pyridine rings is 1. The predicted octanol–water partition coefficient (Wildman–Crippen LogP) is 1.71. The van der Waals surface area contributed by atoms with Gasteiger partial charge in [-0.15, -0.1) is 0 Å². The van der Waals surface area contributed by atoms with E-state index in [1.165, 1.54) is 5.56 Å². The maximum absolute atomic E-state index is 8.57. The standard InChI is InChI=1S/C9H8N2/c10-5-8-4-9(8)7-2-1-3-11-6-7/h1-3,6,8-9H,4H2. The Kier molecular flexibility index (Phi) is 1.36. The molecular formula is C9H8N2. The van der Waals surface area contributed by atoms with Gasteiger partial charge in [0, 0.05) is 18.3 Å². The maximum Gasteiger partial charge on any atom is 0.0662 e. The molecule has 2 unspecified atom stereocenters. The van der Waals surface area contributed by atoms with Crippen LogP contribution in [-0.2, 0) is 0 Å². The summed E-state index contributed by atoms with van der Waals surface area (Å²) in [6, 6.07) is 6.22. The van der Waals surface area contributed by atoms with Crippen LogP contribution in [0.4, 0.5) is 0 Å². The van der Waals surface area contributed by atoms with Gasteiger partial charge < -0.3 is 0 Å². The average molecular weight is 144 g/mol. The molecule has 0 N–H and O–H groups in total. The zero-order valence-electron chi connectivity index (χ0n) is 6.07. The normalized spacial score (nSPS) is 27.5. The summed E-state index contributed by atoms with van der Waals surface area (Å²) in [4.78, 5) is 4.01. The van der Waals surface area contributed by atoms with E-state index >= 15 is 0 Å². The van der Waals surface area contributed by atoms with E-state index in [-0.39, 0.29) is 5.92 Å². The highest BCUT2D eigenvalue weighted by Gasteiger charge is 2.38. The molecule has 11 heavy (non-hydrogen) atoms. The van der Waals surface area contributed by atoms with Crippen molar-refractivity contribution >= 4 is 0 Å². The van der Waals surface area contributed by atoms with E-state index in [1.807, 2.05) is 18.3 Å². The quantitative estimate of drug-likeness (QED) is 0.601. The lowest BCUT2D eigenvalue weighted by atomic mass is 10.2. The number of hydrogen-bond acceptors (Lipinski definition) is 2. The van der Waals surface area contributed by atoms with Crippen molar-refractivity contribution in [3.05, 3.63) is 30.1 Å². The zero-order chi connectivity index (χ0) is 7.68. The van der Waals surface area contributed by atoms with Crippen LogP contribution >= 0.6 is 0 Å². The Balaban J connectivity index is 2.16. The molecule has 0 bridgehead atoms. The first kappa shape index (κ1) is 6.36. The summed E-state index contributed by atoms with van der Waals surface area (Å²) >= 11 is 0. The van der Waals surface area contributed by atoms with Gasteiger partial charge in [-0.1, -0.05) is 6.07 Å². The summed E-state index contributed by atoms with van der Waals surface area (Å²) in [5, 5.41) is 8.57. The van der Waals surface area contributed by atoms with E-state index in [0.29, 0.717) is 5.92 Å². The van der Waals surface area contributed by atoms with Crippen molar-refractivity contribution in [3.63, 3.8) is 0 Å². The van der Waals surface area contributed by atoms with Gasteiger partial charge in [-0.25, -0.2) is 0 Å². The third-order valence-electron chi connectivity index (χ3n) is 2.07. The molecule has 1 heterocycles. The van der Waals surface area contributed by atoms with E-state index < -0.39 is 0 Å². The molecule has 0 aliphatic heterocycles. The second kappa shape index (κ2) is 2.35. The zero-order valence-corrected chi connectivity index (χ0v) is 6.07. The molecule has 2 heteroatoms. The highest BCUT2D eigenvalue weighted by atomic mass is 14.6. The van der Waals surface area contributed by atoms with Gasteiger partial charge in [0.25, 0.3) is 0 Å². The van der Waals surface area contributed by atoms with Crippen LogP contribution in [0.15, 0.2) is 24.5 Å². The van der Waals surface area contributed by atoms with Gasteiger partial charge in [-0.3, -0.25) is 4.98 Å². The Morgan fingerprint density at radius 3 is 3.09 bits per heavy atom. The van der Waals surface area contributed by atoms with Gasteiger partial charge in [0.2, 0.25) is 0 Å². The van der Waals surface area contributed by atoms with Gasteiger partial charge >= 0.3 is 0 Å². The number of rotatable bonds is 1. The fourth-order valence-electron chi connectivity index (χ4n) is 1.30. The minimum absolute atomic E-state index is 0.249. The molecule has 1 aliphatic rings. The van der Waals surface area contributed by atoms with Crippen molar-refractivity contribution in [2.24, 2.45) is 5.92 Å². The fourth-order valence-corrected chi connectivity index (χ4v) is 1.30. The minimum atomic E-state index is 0.249. The topological polar surface area (TPSA) is 36.7 Å². The first-order chi connectivity index (χ1) is 5.42. The van der Waals surface area contributed by atoms with E-state index in [2.05, 4.69) is 11.1 Å². The van der Waals surface area contributed by atoms with Crippen molar-refractivity contribution in [2.75, 3.05) is 0 Å². The molecule has 1 fully saturated rings. The van der Waals surface area contributed by atoms with Gasteiger partial charge in [-0.05, 0) is 18.1 Å². The van der Waals surface area contributed by atoms with Crippen LogP contribution in [0.3, 0.4) is 0 Å². The lowest BCUT2D eigenvalue weighted by Crippen LogP contribution is -1.81. The predicted molar refractivity (Wildman–Crippen MR) is 40.7 cm³/mol. The number of nitriles is 1. The van der Waals surface area contributed by atoms with Crippen LogP contribution in [0.1, 0.15) is 17.9 Å². The van der Waals surface area contributed by atoms with Crippen LogP contribution in [0.2, 0.25) is 0 Å². The molecular weight excluding hydrogens is 136 g/mol. The first-order valence-corrected chi connectivity index (χ1v) is 3.71. The summed E-state index contributed by atoms with van der Waals surface area (Å²) in [5.41, 5.74) is 1.21. The molecule has 2 nitrogen and oxygen atoms in total. The monoisotopic (exact) mass is 144 g/mol. The molecule has 0 saturated heterocycles. The molecule has 0 radical (unpaired) electrons. The smallest absolute Gasteiger partial charge is 0.0662 e. The Hall–Kier alpha value is -1.36. The van der Waals surface area contributed by atoms with Crippen molar-refractivity contribution in [2.45, 2.75) is 12.3 Å². The Labute approximate surface area is 65.5 Å². The van der Waals surface area contributed by atoms with E-state index in [9.17, 15) is 0 Å². The van der Waals surface area contributed by atoms with Gasteiger partial charge in [0.05, 0.1) is 12.0 Å². The van der Waals surface area contributed by atoms with Crippen molar-refractivity contribution in [3.8, 4) is 6.07 Å². The highest BCUT2D eigenvalue weighted by molar-refractivity contribution is 5.25. The summed E-state index contributed by atoms with van der Waals surface area (Å²) in [6.45, 7) is 0. The first-order valence-electron chi connectivity index (χ1n) is 3.71. The number of hydrogen-bond donors (Lipinski definition) is 0. The fraction of sp³-hybridized carbons (Fsp3) is 0.333. The summed E-state index contributed by atoms with van der Waals surface area (Å²) in [7, 11) is 0. The second-order valence-electron chi connectivity index (χ2n) is 2.86. The molecule has 1 aromatic rings. The number of nitrogens with zero attached hydrogens (tertiary/aromatic N) is 2. The largest absolute Gasteiger partial charge is 0.264 e. The molecule has 2 rings (SSSR count). The van der Waals surface area contributed by atoms with Crippen molar-refractivity contribution in [1.82, 2.24) is 4.98 Å². The Morgan fingerprint density at radius 1 is 1.64 bits per heavy atom. The summed E-state index contributed by atoms with van der Waals surface area (Å²) in [6.07, 6.45) is 4.62. The molecule has 1 aromatic heterocycles.